The molecule has 0 radical (unpaired) electrons. The van der Waals surface area contributed by atoms with Crippen LogP contribution >= 0.6 is 0 Å². The van der Waals surface area contributed by atoms with Gasteiger partial charge in [-0.15, -0.1) is 0 Å². The fourth-order valence-electron chi connectivity index (χ4n) is 0.545. The predicted octanol–water partition coefficient (Wildman–Crippen LogP) is -0.795. The summed E-state index contributed by atoms with van der Waals surface area (Å²) in [6, 6.07) is 0. The van der Waals surface area contributed by atoms with Crippen LogP contribution in [0.15, 0.2) is 0 Å². The molecule has 0 bridgehead atoms. The van der Waals surface area contributed by atoms with Gasteiger partial charge in [0.15, 0.2) is 0 Å². The first-order valence-corrected chi connectivity index (χ1v) is 3.66. The molecule has 0 fully saturated rings. The number of hydrogen-bond donors (Lipinski definition) is 3. The summed E-state index contributed by atoms with van der Waals surface area (Å²) in [4.78, 5) is 4.91. The highest BCUT2D eigenvalue weighted by Crippen LogP contribution is 1.81. The van der Waals surface area contributed by atoms with Crippen LogP contribution in [-0.2, 0) is 4.84 Å². The Bertz CT molecular complexity index is 53.0. The normalized spacial score (nSPS) is 10.2. The Morgan fingerprint density at radius 1 is 1.10 bits per heavy atom. The van der Waals surface area contributed by atoms with E-state index >= 15 is 0 Å². The van der Waals surface area contributed by atoms with Gasteiger partial charge in [-0.25, -0.2) is 5.48 Å². The van der Waals surface area contributed by atoms with E-state index in [0.717, 1.165) is 25.9 Å². The molecule has 62 valence electrons. The maximum atomic E-state index is 5.28. The summed E-state index contributed by atoms with van der Waals surface area (Å²) in [5.74, 6) is 0. The lowest BCUT2D eigenvalue weighted by atomic mass is 10.3. The molecule has 4 heteroatoms. The number of rotatable bonds is 7. The lowest BCUT2D eigenvalue weighted by Crippen LogP contribution is -2.21. The standard InChI is InChI=1S/C6H17N3O/c7-3-1-2-5-9-10-6-4-8/h9H,1-8H2. The number of hydroxylamine groups is 1. The molecular formula is C6H17N3O. The SMILES string of the molecule is NCCCCNOCCN. The van der Waals surface area contributed by atoms with E-state index in [1.807, 2.05) is 0 Å². The Morgan fingerprint density at radius 3 is 2.50 bits per heavy atom. The van der Waals surface area contributed by atoms with Crippen LogP contribution in [0, 0.1) is 0 Å². The zero-order valence-electron chi connectivity index (χ0n) is 6.31. The highest BCUT2D eigenvalue weighted by atomic mass is 16.6. The molecule has 0 amide bonds. The first-order valence-electron chi connectivity index (χ1n) is 3.66. The van der Waals surface area contributed by atoms with Gasteiger partial charge in [0.1, 0.15) is 0 Å². The van der Waals surface area contributed by atoms with Crippen molar-refractivity contribution in [3.8, 4) is 0 Å². The second-order valence-electron chi connectivity index (χ2n) is 2.03. The Balaban J connectivity index is 2.65. The van der Waals surface area contributed by atoms with Crippen molar-refractivity contribution in [3.63, 3.8) is 0 Å². The average Bonchev–Trinajstić information content (AvgIpc) is 1.97. The lowest BCUT2D eigenvalue weighted by molar-refractivity contribution is 0.0461. The molecule has 0 aliphatic rings. The van der Waals surface area contributed by atoms with E-state index in [2.05, 4.69) is 5.48 Å². The van der Waals surface area contributed by atoms with Gasteiger partial charge in [0, 0.05) is 13.1 Å². The van der Waals surface area contributed by atoms with E-state index in [-0.39, 0.29) is 0 Å². The molecule has 0 aliphatic carbocycles. The molecule has 10 heavy (non-hydrogen) atoms. The minimum absolute atomic E-state index is 0.559. The van der Waals surface area contributed by atoms with Crippen LogP contribution in [-0.4, -0.2) is 26.2 Å². The van der Waals surface area contributed by atoms with Crippen molar-refractivity contribution in [2.24, 2.45) is 11.5 Å². The molecule has 0 rings (SSSR count). The molecule has 4 nitrogen and oxygen atoms in total. The van der Waals surface area contributed by atoms with Crippen LogP contribution < -0.4 is 16.9 Å². The molecule has 0 spiro atoms. The molecule has 5 N–H and O–H groups in total. The van der Waals surface area contributed by atoms with E-state index < -0.39 is 0 Å². The Hall–Kier alpha value is -0.160. The molecular weight excluding hydrogens is 130 g/mol. The first-order chi connectivity index (χ1) is 4.91. The van der Waals surface area contributed by atoms with Crippen LogP contribution in [0.2, 0.25) is 0 Å². The maximum absolute atomic E-state index is 5.28. The summed E-state index contributed by atoms with van der Waals surface area (Å²) in [7, 11) is 0. The van der Waals surface area contributed by atoms with E-state index in [1.165, 1.54) is 0 Å². The number of unbranched alkanes of at least 4 members (excludes halogenated alkanes) is 1. The van der Waals surface area contributed by atoms with Crippen molar-refractivity contribution >= 4 is 0 Å². The van der Waals surface area contributed by atoms with Gasteiger partial charge >= 0.3 is 0 Å². The summed E-state index contributed by atoms with van der Waals surface area (Å²) in [5, 5.41) is 0. The smallest absolute Gasteiger partial charge is 0.0804 e. The first kappa shape index (κ1) is 9.84. The van der Waals surface area contributed by atoms with E-state index in [4.69, 9.17) is 16.3 Å². The minimum Gasteiger partial charge on any atom is -0.330 e. The van der Waals surface area contributed by atoms with Crippen LogP contribution in [0.5, 0.6) is 0 Å². The Labute approximate surface area is 61.9 Å². The second-order valence-corrected chi connectivity index (χ2v) is 2.03. The average molecular weight is 147 g/mol. The Morgan fingerprint density at radius 2 is 1.90 bits per heavy atom. The van der Waals surface area contributed by atoms with Crippen molar-refractivity contribution in [2.45, 2.75) is 12.8 Å². The third kappa shape index (κ3) is 7.84. The number of nitrogens with one attached hydrogen (secondary N) is 1. The van der Waals surface area contributed by atoms with Gasteiger partial charge in [0.2, 0.25) is 0 Å². The molecule has 0 heterocycles. The Kier molecular flexibility index (Phi) is 8.70. The van der Waals surface area contributed by atoms with Crippen LogP contribution in [0.3, 0.4) is 0 Å². The number of nitrogens with two attached hydrogens (primary N) is 2. The van der Waals surface area contributed by atoms with E-state index in [0.29, 0.717) is 13.2 Å². The van der Waals surface area contributed by atoms with Gasteiger partial charge in [0.05, 0.1) is 6.61 Å². The summed E-state index contributed by atoms with van der Waals surface area (Å²) >= 11 is 0. The molecule has 0 atom stereocenters. The minimum atomic E-state index is 0.559. The largest absolute Gasteiger partial charge is 0.330 e. The molecule has 0 unspecified atom stereocenters. The van der Waals surface area contributed by atoms with Crippen molar-refractivity contribution in [3.05, 3.63) is 0 Å². The fourth-order valence-corrected chi connectivity index (χ4v) is 0.545. The molecule has 0 aromatic heterocycles. The summed E-state index contributed by atoms with van der Waals surface area (Å²) in [6.07, 6.45) is 2.10. The molecule has 0 saturated heterocycles. The molecule has 0 aromatic carbocycles. The van der Waals surface area contributed by atoms with Gasteiger partial charge in [-0.2, -0.15) is 0 Å². The lowest BCUT2D eigenvalue weighted by Gasteiger charge is -2.02. The second kappa shape index (κ2) is 8.84. The van der Waals surface area contributed by atoms with Crippen LogP contribution in [0.1, 0.15) is 12.8 Å². The van der Waals surface area contributed by atoms with Gasteiger partial charge in [-0.05, 0) is 19.4 Å². The predicted molar refractivity (Wildman–Crippen MR) is 41.3 cm³/mol. The summed E-state index contributed by atoms with van der Waals surface area (Å²) in [6.45, 7) is 2.74. The molecule has 0 aromatic rings. The quantitative estimate of drug-likeness (QED) is 0.326. The third-order valence-corrected chi connectivity index (χ3v) is 1.05. The number of hydrogen-bond acceptors (Lipinski definition) is 4. The van der Waals surface area contributed by atoms with Gasteiger partial charge in [0.25, 0.3) is 0 Å². The molecule has 0 saturated carbocycles. The topological polar surface area (TPSA) is 73.3 Å². The van der Waals surface area contributed by atoms with Gasteiger partial charge in [-0.1, -0.05) is 0 Å². The van der Waals surface area contributed by atoms with Crippen LogP contribution in [0.25, 0.3) is 0 Å². The van der Waals surface area contributed by atoms with Gasteiger partial charge < -0.3 is 16.3 Å². The highest BCUT2D eigenvalue weighted by molar-refractivity contribution is 4.40. The third-order valence-electron chi connectivity index (χ3n) is 1.05. The van der Waals surface area contributed by atoms with Crippen molar-refractivity contribution in [2.75, 3.05) is 26.2 Å². The zero-order chi connectivity index (χ0) is 7.66. The van der Waals surface area contributed by atoms with Gasteiger partial charge in [-0.3, -0.25) is 0 Å². The summed E-state index contributed by atoms with van der Waals surface area (Å²) < 4.78 is 0. The zero-order valence-corrected chi connectivity index (χ0v) is 6.31. The van der Waals surface area contributed by atoms with Crippen LogP contribution in [0.4, 0.5) is 0 Å². The van der Waals surface area contributed by atoms with Crippen molar-refractivity contribution in [1.29, 1.82) is 0 Å². The summed E-state index contributed by atoms with van der Waals surface area (Å²) in [5.41, 5.74) is 13.3. The van der Waals surface area contributed by atoms with E-state index in [9.17, 15) is 0 Å². The van der Waals surface area contributed by atoms with E-state index in [1.54, 1.807) is 0 Å². The fraction of sp³-hybridized carbons (Fsp3) is 1.00. The highest BCUT2D eigenvalue weighted by Gasteiger charge is 1.85. The maximum Gasteiger partial charge on any atom is 0.0804 e. The molecule has 0 aliphatic heterocycles. The monoisotopic (exact) mass is 147 g/mol. The van der Waals surface area contributed by atoms with Crippen molar-refractivity contribution in [1.82, 2.24) is 5.48 Å². The van der Waals surface area contributed by atoms with Crippen molar-refractivity contribution < 1.29 is 4.84 Å².